The van der Waals surface area contributed by atoms with Gasteiger partial charge in [-0.25, -0.2) is 19.9 Å². The summed E-state index contributed by atoms with van der Waals surface area (Å²) in [5.41, 5.74) is 10.2. The molecule has 252 valence electrons. The van der Waals surface area contributed by atoms with E-state index in [2.05, 4.69) is 108 Å². The Bertz CT molecular complexity index is 2920. The lowest BCUT2D eigenvalue weighted by atomic mass is 9.93. The Morgan fingerprint density at radius 3 is 1.48 bits per heavy atom. The summed E-state index contributed by atoms with van der Waals surface area (Å²) in [6.45, 7) is 0. The van der Waals surface area contributed by atoms with Crippen molar-refractivity contribution in [1.82, 2.24) is 24.9 Å². The third-order valence-corrected chi connectivity index (χ3v) is 9.95. The molecule has 3 aromatic heterocycles. The van der Waals surface area contributed by atoms with Crippen molar-refractivity contribution in [3.63, 3.8) is 0 Å². The number of nitrogens with zero attached hydrogens (tertiary/aromatic N) is 5. The molecule has 0 saturated heterocycles. The van der Waals surface area contributed by atoms with E-state index in [0.717, 1.165) is 82.6 Å². The van der Waals surface area contributed by atoms with Gasteiger partial charge in [0.15, 0.2) is 17.5 Å². The van der Waals surface area contributed by atoms with Crippen LogP contribution in [0.3, 0.4) is 0 Å². The molecule has 10 aromatic rings. The van der Waals surface area contributed by atoms with Crippen LogP contribution < -0.4 is 0 Å². The number of benzene rings is 7. The van der Waals surface area contributed by atoms with Crippen LogP contribution in [0, 0.1) is 0 Å². The van der Waals surface area contributed by atoms with Gasteiger partial charge in [-0.1, -0.05) is 133 Å². The molecule has 5 nitrogen and oxygen atoms in total. The van der Waals surface area contributed by atoms with Crippen LogP contribution in [0.4, 0.5) is 0 Å². The molecule has 0 bridgehead atoms. The highest BCUT2D eigenvalue weighted by Crippen LogP contribution is 2.37. The van der Waals surface area contributed by atoms with E-state index in [0.29, 0.717) is 17.5 Å². The van der Waals surface area contributed by atoms with Crippen LogP contribution in [0.5, 0.6) is 0 Å². The molecular weight excluding hydrogens is 659 g/mol. The Morgan fingerprint density at radius 2 is 0.815 bits per heavy atom. The number of hydrogen-bond donors (Lipinski definition) is 0. The first kappa shape index (κ1) is 31.4. The van der Waals surface area contributed by atoms with Crippen LogP contribution >= 0.6 is 0 Å². The maximum absolute atomic E-state index is 5.12. The third kappa shape index (κ3) is 5.84. The van der Waals surface area contributed by atoms with Gasteiger partial charge in [-0.2, -0.15) is 0 Å². The SMILES string of the molecule is c1ccc(-c2cc(-c3ccc4cc(-c5nc6ccccc6c6ccncc56)ccc4c3)cc(-c3nc(-c4ccccc4)nc(-c4ccccc4)n3)c2)cc1. The van der Waals surface area contributed by atoms with Gasteiger partial charge in [-0.3, -0.25) is 4.98 Å². The topological polar surface area (TPSA) is 64.5 Å². The first-order valence-corrected chi connectivity index (χ1v) is 18.0. The Hall–Kier alpha value is -7.37. The molecule has 54 heavy (non-hydrogen) atoms. The van der Waals surface area contributed by atoms with Gasteiger partial charge in [0, 0.05) is 45.4 Å². The lowest BCUT2D eigenvalue weighted by Crippen LogP contribution is -2.00. The second-order valence-corrected chi connectivity index (χ2v) is 13.4. The summed E-state index contributed by atoms with van der Waals surface area (Å²) < 4.78 is 0. The molecule has 0 N–H and O–H groups in total. The van der Waals surface area contributed by atoms with Gasteiger partial charge in [-0.05, 0) is 80.9 Å². The van der Waals surface area contributed by atoms with Gasteiger partial charge in [0.25, 0.3) is 0 Å². The Labute approximate surface area is 312 Å². The maximum Gasteiger partial charge on any atom is 0.164 e. The normalized spacial score (nSPS) is 11.3. The van der Waals surface area contributed by atoms with Gasteiger partial charge in [-0.15, -0.1) is 0 Å². The number of pyridine rings is 2. The van der Waals surface area contributed by atoms with Crippen molar-refractivity contribution in [2.75, 3.05) is 0 Å². The fourth-order valence-electron chi connectivity index (χ4n) is 7.25. The molecule has 0 unspecified atom stereocenters. The first-order chi connectivity index (χ1) is 26.7. The predicted molar refractivity (Wildman–Crippen MR) is 221 cm³/mol. The van der Waals surface area contributed by atoms with Gasteiger partial charge < -0.3 is 0 Å². The standard InChI is InChI=1S/C49H31N5/c1-4-12-32(13-5-1)39-28-40(30-41(29-39)49-53-47(33-14-6-2-7-15-33)52-48(54-49)34-16-8-3-9-17-34)37-21-20-36-27-38(23-22-35(36)26-37)46-44-31-50-25-24-42(44)43-18-10-11-19-45(43)51-46/h1-31H. The zero-order valence-electron chi connectivity index (χ0n) is 29.1. The fourth-order valence-corrected chi connectivity index (χ4v) is 7.25. The van der Waals surface area contributed by atoms with Crippen molar-refractivity contribution in [2.45, 2.75) is 0 Å². The van der Waals surface area contributed by atoms with Gasteiger partial charge in [0.05, 0.1) is 11.2 Å². The van der Waals surface area contributed by atoms with Crippen LogP contribution in [0.25, 0.3) is 100 Å². The van der Waals surface area contributed by atoms with Crippen molar-refractivity contribution in [3.05, 3.63) is 188 Å². The smallest absolute Gasteiger partial charge is 0.164 e. The van der Waals surface area contributed by atoms with Crippen LogP contribution in [0.2, 0.25) is 0 Å². The van der Waals surface area contributed by atoms with Crippen molar-refractivity contribution in [2.24, 2.45) is 0 Å². The van der Waals surface area contributed by atoms with Crippen molar-refractivity contribution in [3.8, 4) is 67.7 Å². The Kier molecular flexibility index (Phi) is 7.73. The molecule has 0 aliphatic carbocycles. The number of rotatable bonds is 6. The highest BCUT2D eigenvalue weighted by Gasteiger charge is 2.16. The molecule has 7 aromatic carbocycles. The van der Waals surface area contributed by atoms with Crippen molar-refractivity contribution in [1.29, 1.82) is 0 Å². The number of hydrogen-bond acceptors (Lipinski definition) is 5. The second-order valence-electron chi connectivity index (χ2n) is 13.4. The van der Waals surface area contributed by atoms with E-state index in [1.807, 2.05) is 85.2 Å². The number of fused-ring (bicyclic) bond motifs is 4. The van der Waals surface area contributed by atoms with Crippen LogP contribution in [0.15, 0.2) is 188 Å². The summed E-state index contributed by atoms with van der Waals surface area (Å²) in [5, 5.41) is 5.61. The largest absolute Gasteiger partial charge is 0.264 e. The Balaban J connectivity index is 1.11. The van der Waals surface area contributed by atoms with Crippen molar-refractivity contribution < 1.29 is 0 Å². The lowest BCUT2D eigenvalue weighted by Gasteiger charge is -2.13. The Morgan fingerprint density at radius 1 is 0.296 bits per heavy atom. The van der Waals surface area contributed by atoms with E-state index in [9.17, 15) is 0 Å². The predicted octanol–water partition coefficient (Wildman–Crippen LogP) is 12.1. The third-order valence-electron chi connectivity index (χ3n) is 9.95. The average Bonchev–Trinajstić information content (AvgIpc) is 3.26. The average molecular weight is 690 g/mol. The molecular formula is C49H31N5. The molecule has 0 aliphatic heterocycles. The lowest BCUT2D eigenvalue weighted by molar-refractivity contribution is 1.07. The van der Waals surface area contributed by atoms with E-state index >= 15 is 0 Å². The molecule has 0 fully saturated rings. The summed E-state index contributed by atoms with van der Waals surface area (Å²) in [4.78, 5) is 24.6. The molecule has 0 aliphatic rings. The van der Waals surface area contributed by atoms with Gasteiger partial charge in [0.2, 0.25) is 0 Å². The minimum atomic E-state index is 0.622. The monoisotopic (exact) mass is 689 g/mol. The van der Waals surface area contributed by atoms with Gasteiger partial charge >= 0.3 is 0 Å². The highest BCUT2D eigenvalue weighted by atomic mass is 15.0. The molecule has 0 spiro atoms. The van der Waals surface area contributed by atoms with Gasteiger partial charge in [0.1, 0.15) is 0 Å². The zero-order valence-corrected chi connectivity index (χ0v) is 29.1. The van der Waals surface area contributed by atoms with E-state index in [1.165, 1.54) is 0 Å². The molecule has 0 atom stereocenters. The van der Waals surface area contributed by atoms with Crippen molar-refractivity contribution >= 4 is 32.4 Å². The first-order valence-electron chi connectivity index (χ1n) is 18.0. The molecule has 10 rings (SSSR count). The quantitative estimate of drug-likeness (QED) is 0.163. The molecule has 0 radical (unpaired) electrons. The maximum atomic E-state index is 5.12. The number of aromatic nitrogens is 5. The molecule has 0 saturated carbocycles. The highest BCUT2D eigenvalue weighted by molar-refractivity contribution is 6.11. The molecule has 0 amide bonds. The second kappa shape index (κ2) is 13.3. The fraction of sp³-hybridized carbons (Fsp3) is 0. The number of para-hydroxylation sites is 1. The minimum Gasteiger partial charge on any atom is -0.264 e. The van der Waals surface area contributed by atoms with E-state index in [1.54, 1.807) is 0 Å². The van der Waals surface area contributed by atoms with E-state index in [-0.39, 0.29) is 0 Å². The molecule has 5 heteroatoms. The van der Waals surface area contributed by atoms with Crippen LogP contribution in [-0.2, 0) is 0 Å². The summed E-state index contributed by atoms with van der Waals surface area (Å²) in [6.07, 6.45) is 3.77. The summed E-state index contributed by atoms with van der Waals surface area (Å²) >= 11 is 0. The van der Waals surface area contributed by atoms with E-state index < -0.39 is 0 Å². The summed E-state index contributed by atoms with van der Waals surface area (Å²) in [7, 11) is 0. The summed E-state index contributed by atoms with van der Waals surface area (Å²) in [6, 6.07) is 60.9. The molecule has 3 heterocycles. The minimum absolute atomic E-state index is 0.622. The van der Waals surface area contributed by atoms with E-state index in [4.69, 9.17) is 19.9 Å². The summed E-state index contributed by atoms with van der Waals surface area (Å²) in [5.74, 6) is 1.89. The zero-order chi connectivity index (χ0) is 35.8. The van der Waals surface area contributed by atoms with Crippen LogP contribution in [0.1, 0.15) is 0 Å². The van der Waals surface area contributed by atoms with Crippen LogP contribution in [-0.4, -0.2) is 24.9 Å².